The summed E-state index contributed by atoms with van der Waals surface area (Å²) in [5.74, 6) is 0.470. The summed E-state index contributed by atoms with van der Waals surface area (Å²) in [5.41, 5.74) is 6.85. The first-order valence-electron chi connectivity index (χ1n) is 5.11. The Kier molecular flexibility index (Phi) is 4.44. The molecule has 16 heavy (non-hydrogen) atoms. The zero-order valence-electron chi connectivity index (χ0n) is 9.31. The lowest BCUT2D eigenvalue weighted by atomic mass is 9.97. The Morgan fingerprint density at radius 1 is 1.50 bits per heavy atom. The molecular formula is C11H15BrN2O2. The molecule has 0 saturated carbocycles. The molecule has 0 saturated heterocycles. The van der Waals surface area contributed by atoms with Gasteiger partial charge in [-0.2, -0.15) is 0 Å². The molecule has 1 aromatic carbocycles. The highest BCUT2D eigenvalue weighted by atomic mass is 79.9. The molecule has 1 aromatic rings. The van der Waals surface area contributed by atoms with Crippen molar-refractivity contribution in [2.45, 2.75) is 26.3 Å². The van der Waals surface area contributed by atoms with Crippen LogP contribution in [-0.4, -0.2) is 4.92 Å². The highest BCUT2D eigenvalue weighted by Gasteiger charge is 2.16. The summed E-state index contributed by atoms with van der Waals surface area (Å²) in [7, 11) is 0. The maximum atomic E-state index is 10.8. The molecule has 4 nitrogen and oxygen atoms in total. The molecule has 0 aromatic heterocycles. The molecule has 0 aliphatic rings. The number of nitro groups is 1. The summed E-state index contributed by atoms with van der Waals surface area (Å²) in [4.78, 5) is 10.3. The molecule has 0 bridgehead atoms. The second-order valence-electron chi connectivity index (χ2n) is 4.20. The normalized spacial score (nSPS) is 12.8. The zero-order valence-corrected chi connectivity index (χ0v) is 10.9. The number of nitrogens with two attached hydrogens (primary N) is 1. The van der Waals surface area contributed by atoms with Crippen LogP contribution in [0.1, 0.15) is 31.9 Å². The van der Waals surface area contributed by atoms with Crippen molar-refractivity contribution < 1.29 is 4.92 Å². The fourth-order valence-corrected chi connectivity index (χ4v) is 1.94. The van der Waals surface area contributed by atoms with E-state index in [1.54, 1.807) is 6.07 Å². The van der Waals surface area contributed by atoms with E-state index in [0.717, 1.165) is 12.0 Å². The molecule has 0 heterocycles. The standard InChI is InChI=1S/C11H15BrN2O2/c1-7(2)5-10(13)8-3-4-9(12)11(6-8)14(15)16/h3-4,6-7,10H,5,13H2,1-2H3/t10-/m1/s1. The van der Waals surface area contributed by atoms with E-state index in [2.05, 4.69) is 29.8 Å². The lowest BCUT2D eigenvalue weighted by molar-refractivity contribution is -0.385. The lowest BCUT2D eigenvalue weighted by Gasteiger charge is -2.14. The molecule has 2 N–H and O–H groups in total. The van der Waals surface area contributed by atoms with Crippen molar-refractivity contribution in [2.24, 2.45) is 11.7 Å². The fraction of sp³-hybridized carbons (Fsp3) is 0.455. The van der Waals surface area contributed by atoms with Crippen molar-refractivity contribution in [1.29, 1.82) is 0 Å². The number of nitro benzene ring substituents is 1. The summed E-state index contributed by atoms with van der Waals surface area (Å²) in [6.07, 6.45) is 0.818. The number of benzene rings is 1. The first kappa shape index (κ1) is 13.1. The van der Waals surface area contributed by atoms with Crippen LogP contribution in [0.15, 0.2) is 22.7 Å². The molecule has 0 amide bonds. The maximum absolute atomic E-state index is 10.8. The van der Waals surface area contributed by atoms with E-state index in [-0.39, 0.29) is 11.7 Å². The Morgan fingerprint density at radius 2 is 2.12 bits per heavy atom. The first-order chi connectivity index (χ1) is 7.41. The number of halogens is 1. The predicted molar refractivity (Wildman–Crippen MR) is 67.2 cm³/mol. The predicted octanol–water partition coefficient (Wildman–Crippen LogP) is 3.40. The van der Waals surface area contributed by atoms with Crippen molar-refractivity contribution in [3.63, 3.8) is 0 Å². The smallest absolute Gasteiger partial charge is 0.283 e. The summed E-state index contributed by atoms with van der Waals surface area (Å²) in [6, 6.07) is 4.89. The van der Waals surface area contributed by atoms with Crippen LogP contribution in [0.25, 0.3) is 0 Å². The van der Waals surface area contributed by atoms with Gasteiger partial charge in [-0.15, -0.1) is 0 Å². The van der Waals surface area contributed by atoms with Gasteiger partial charge < -0.3 is 5.73 Å². The van der Waals surface area contributed by atoms with E-state index < -0.39 is 4.92 Å². The highest BCUT2D eigenvalue weighted by Crippen LogP contribution is 2.29. The summed E-state index contributed by atoms with van der Waals surface area (Å²) in [6.45, 7) is 4.15. The van der Waals surface area contributed by atoms with E-state index in [9.17, 15) is 10.1 Å². The van der Waals surface area contributed by atoms with Crippen molar-refractivity contribution in [2.75, 3.05) is 0 Å². The van der Waals surface area contributed by atoms with Gasteiger partial charge in [-0.05, 0) is 39.9 Å². The van der Waals surface area contributed by atoms with Crippen LogP contribution in [0.5, 0.6) is 0 Å². The Labute approximate surface area is 103 Å². The van der Waals surface area contributed by atoms with Crippen LogP contribution < -0.4 is 5.73 Å². The largest absolute Gasteiger partial charge is 0.324 e. The van der Waals surface area contributed by atoms with Gasteiger partial charge in [-0.1, -0.05) is 19.9 Å². The highest BCUT2D eigenvalue weighted by molar-refractivity contribution is 9.10. The van der Waals surface area contributed by atoms with Crippen LogP contribution >= 0.6 is 15.9 Å². The minimum atomic E-state index is -0.407. The van der Waals surface area contributed by atoms with E-state index >= 15 is 0 Å². The summed E-state index contributed by atoms with van der Waals surface area (Å²) >= 11 is 3.15. The quantitative estimate of drug-likeness (QED) is 0.681. The van der Waals surface area contributed by atoms with Gasteiger partial charge in [0.05, 0.1) is 9.40 Å². The molecule has 1 atom stereocenters. The molecule has 1 rings (SSSR count). The van der Waals surface area contributed by atoms with E-state index in [0.29, 0.717) is 10.4 Å². The van der Waals surface area contributed by atoms with E-state index in [1.165, 1.54) is 6.07 Å². The second kappa shape index (κ2) is 5.41. The third-order valence-electron chi connectivity index (χ3n) is 2.32. The van der Waals surface area contributed by atoms with Gasteiger partial charge in [-0.25, -0.2) is 0 Å². The third-order valence-corrected chi connectivity index (χ3v) is 2.99. The molecule has 0 unspecified atom stereocenters. The number of hydrogen-bond acceptors (Lipinski definition) is 3. The Hall–Kier alpha value is -0.940. The molecule has 5 heteroatoms. The Bertz CT molecular complexity index is 394. The fourth-order valence-electron chi connectivity index (χ4n) is 1.54. The Morgan fingerprint density at radius 3 is 2.62 bits per heavy atom. The van der Waals surface area contributed by atoms with E-state index in [4.69, 9.17) is 5.73 Å². The molecular weight excluding hydrogens is 272 g/mol. The van der Waals surface area contributed by atoms with E-state index in [1.807, 2.05) is 6.07 Å². The van der Waals surface area contributed by atoms with Crippen LogP contribution in [0, 0.1) is 16.0 Å². The SMILES string of the molecule is CC(C)C[C@@H](N)c1ccc(Br)c([N+](=O)[O-])c1. The summed E-state index contributed by atoms with van der Waals surface area (Å²) < 4.78 is 0.484. The van der Waals surface area contributed by atoms with Crippen molar-refractivity contribution >= 4 is 21.6 Å². The molecule has 0 spiro atoms. The van der Waals surface area contributed by atoms with Gasteiger partial charge in [0, 0.05) is 12.1 Å². The van der Waals surface area contributed by atoms with Crippen LogP contribution in [0.2, 0.25) is 0 Å². The molecule has 0 fully saturated rings. The van der Waals surface area contributed by atoms with Gasteiger partial charge in [0.25, 0.3) is 5.69 Å². The summed E-state index contributed by atoms with van der Waals surface area (Å²) in [5, 5.41) is 10.8. The molecule has 0 aliphatic carbocycles. The van der Waals surface area contributed by atoms with Crippen molar-refractivity contribution in [3.8, 4) is 0 Å². The number of hydrogen-bond donors (Lipinski definition) is 1. The first-order valence-corrected chi connectivity index (χ1v) is 5.90. The van der Waals surface area contributed by atoms with Crippen molar-refractivity contribution in [1.82, 2.24) is 0 Å². The molecule has 88 valence electrons. The second-order valence-corrected chi connectivity index (χ2v) is 5.06. The van der Waals surface area contributed by atoms with Gasteiger partial charge >= 0.3 is 0 Å². The third kappa shape index (κ3) is 3.28. The number of nitrogens with zero attached hydrogens (tertiary/aromatic N) is 1. The number of rotatable bonds is 4. The average Bonchev–Trinajstić information content (AvgIpc) is 2.16. The van der Waals surface area contributed by atoms with Gasteiger partial charge in [0.2, 0.25) is 0 Å². The molecule has 0 radical (unpaired) electrons. The molecule has 0 aliphatic heterocycles. The van der Waals surface area contributed by atoms with Gasteiger partial charge in [0.15, 0.2) is 0 Å². The van der Waals surface area contributed by atoms with Gasteiger partial charge in [0.1, 0.15) is 0 Å². The minimum absolute atomic E-state index is 0.0664. The minimum Gasteiger partial charge on any atom is -0.324 e. The Balaban J connectivity index is 2.98. The van der Waals surface area contributed by atoms with Crippen LogP contribution in [-0.2, 0) is 0 Å². The van der Waals surface area contributed by atoms with Gasteiger partial charge in [-0.3, -0.25) is 10.1 Å². The lowest BCUT2D eigenvalue weighted by Crippen LogP contribution is -2.13. The topological polar surface area (TPSA) is 69.2 Å². The zero-order chi connectivity index (χ0) is 12.3. The van der Waals surface area contributed by atoms with Crippen molar-refractivity contribution in [3.05, 3.63) is 38.3 Å². The monoisotopic (exact) mass is 286 g/mol. The average molecular weight is 287 g/mol. The maximum Gasteiger partial charge on any atom is 0.283 e. The van der Waals surface area contributed by atoms with Crippen LogP contribution in [0.3, 0.4) is 0 Å². The van der Waals surface area contributed by atoms with Crippen LogP contribution in [0.4, 0.5) is 5.69 Å².